The Morgan fingerprint density at radius 3 is 2.52 bits per heavy atom. The third kappa shape index (κ3) is 2.20. The second-order valence-corrected chi connectivity index (χ2v) is 6.89. The van der Waals surface area contributed by atoms with E-state index in [1.54, 1.807) is 45.0 Å². The van der Waals surface area contributed by atoms with Crippen molar-refractivity contribution in [2.45, 2.75) is 38.2 Å². The quantitative estimate of drug-likeness (QED) is 0.744. The normalized spacial score (nSPS) is 25.3. The Hall–Kier alpha value is -2.37. The molecule has 0 bridgehead atoms. The first kappa shape index (κ1) is 15.5. The summed E-state index contributed by atoms with van der Waals surface area (Å²) in [5.41, 5.74) is -0.530. The molecular formula is C17H19NO5. The van der Waals surface area contributed by atoms with E-state index in [0.29, 0.717) is 17.7 Å². The zero-order valence-electron chi connectivity index (χ0n) is 13.6. The van der Waals surface area contributed by atoms with Crippen LogP contribution in [-0.2, 0) is 24.5 Å². The van der Waals surface area contributed by atoms with E-state index in [1.165, 1.54) is 7.11 Å². The summed E-state index contributed by atoms with van der Waals surface area (Å²) in [6.07, 6.45) is -0.364. The van der Waals surface area contributed by atoms with Crippen molar-refractivity contribution < 1.29 is 23.9 Å². The van der Waals surface area contributed by atoms with E-state index in [-0.39, 0.29) is 0 Å². The molecule has 6 heteroatoms. The predicted molar refractivity (Wildman–Crippen MR) is 82.0 cm³/mol. The highest BCUT2D eigenvalue weighted by Gasteiger charge is 2.71. The van der Waals surface area contributed by atoms with Crippen LogP contribution in [0.15, 0.2) is 24.3 Å². The van der Waals surface area contributed by atoms with Crippen molar-refractivity contribution in [3.05, 3.63) is 29.8 Å². The van der Waals surface area contributed by atoms with Gasteiger partial charge in [0.05, 0.1) is 24.1 Å². The number of methoxy groups -OCH3 is 1. The van der Waals surface area contributed by atoms with Gasteiger partial charge >= 0.3 is 12.1 Å². The molecule has 2 atom stereocenters. The lowest BCUT2D eigenvalue weighted by atomic mass is 9.95. The second-order valence-electron chi connectivity index (χ2n) is 6.89. The smallest absolute Gasteiger partial charge is 0.421 e. The van der Waals surface area contributed by atoms with Gasteiger partial charge in [0.2, 0.25) is 5.91 Å². The standard InChI is InChI=1S/C17H19NO5/c1-16(2,3)23-15(21)18-12-8-6-5-7-10(12)17(14(18)20)9-11(17)13(19)22-4/h5-8,11H,9H2,1-4H3/t11?,17-/m1/s1. The predicted octanol–water partition coefficient (Wildman–Crippen LogP) is 2.40. The van der Waals surface area contributed by atoms with E-state index in [2.05, 4.69) is 0 Å². The Labute approximate surface area is 134 Å². The van der Waals surface area contributed by atoms with Crippen LogP contribution in [0.5, 0.6) is 0 Å². The SMILES string of the molecule is COC(=O)C1C[C@]12C(=O)N(C(=O)OC(C)(C)C)c1ccccc12. The van der Waals surface area contributed by atoms with Gasteiger partial charge in [-0.3, -0.25) is 9.59 Å². The molecule has 1 aliphatic heterocycles. The number of esters is 1. The molecule has 1 aliphatic carbocycles. The van der Waals surface area contributed by atoms with E-state index < -0.39 is 34.9 Å². The lowest BCUT2D eigenvalue weighted by Crippen LogP contribution is -2.42. The summed E-state index contributed by atoms with van der Waals surface area (Å²) >= 11 is 0. The molecule has 1 unspecified atom stereocenters. The average Bonchev–Trinajstić information content (AvgIpc) is 3.16. The largest absolute Gasteiger partial charge is 0.469 e. The molecule has 3 rings (SSSR count). The minimum atomic E-state index is -0.986. The van der Waals surface area contributed by atoms with Gasteiger partial charge in [0.25, 0.3) is 0 Å². The fourth-order valence-corrected chi connectivity index (χ4v) is 3.18. The Morgan fingerprint density at radius 2 is 1.91 bits per heavy atom. The van der Waals surface area contributed by atoms with Gasteiger partial charge in [-0.1, -0.05) is 18.2 Å². The average molecular weight is 317 g/mol. The maximum atomic E-state index is 12.9. The van der Waals surface area contributed by atoms with Gasteiger partial charge in [-0.15, -0.1) is 0 Å². The van der Waals surface area contributed by atoms with Crippen LogP contribution in [0.1, 0.15) is 32.8 Å². The monoisotopic (exact) mass is 317 g/mol. The molecule has 1 aromatic carbocycles. The molecule has 6 nitrogen and oxygen atoms in total. The van der Waals surface area contributed by atoms with Gasteiger partial charge in [-0.25, -0.2) is 9.69 Å². The maximum Gasteiger partial charge on any atom is 0.421 e. The summed E-state index contributed by atoms with van der Waals surface area (Å²) < 4.78 is 10.1. The number of ether oxygens (including phenoxy) is 2. The number of hydrogen-bond donors (Lipinski definition) is 0. The van der Waals surface area contributed by atoms with Crippen molar-refractivity contribution in [2.24, 2.45) is 5.92 Å². The molecule has 0 aromatic heterocycles. The first-order chi connectivity index (χ1) is 10.7. The molecule has 1 fully saturated rings. The molecule has 1 spiro atoms. The van der Waals surface area contributed by atoms with Gasteiger partial charge in [-0.05, 0) is 38.8 Å². The third-order valence-corrected chi connectivity index (χ3v) is 4.23. The summed E-state index contributed by atoms with van der Waals surface area (Å²) in [6.45, 7) is 5.21. The number of hydrogen-bond acceptors (Lipinski definition) is 5. The van der Waals surface area contributed by atoms with Crippen LogP contribution in [0.3, 0.4) is 0 Å². The van der Waals surface area contributed by atoms with Crippen LogP contribution >= 0.6 is 0 Å². The zero-order chi connectivity index (χ0) is 17.0. The fourth-order valence-electron chi connectivity index (χ4n) is 3.18. The number of amides is 2. The first-order valence-electron chi connectivity index (χ1n) is 7.47. The Morgan fingerprint density at radius 1 is 1.26 bits per heavy atom. The van der Waals surface area contributed by atoms with E-state index >= 15 is 0 Å². The highest BCUT2D eigenvalue weighted by Crippen LogP contribution is 2.62. The number of anilines is 1. The van der Waals surface area contributed by atoms with Crippen molar-refractivity contribution in [1.82, 2.24) is 0 Å². The summed E-state index contributed by atoms with van der Waals surface area (Å²) in [4.78, 5) is 38.3. The number of rotatable bonds is 1. The van der Waals surface area contributed by atoms with Crippen molar-refractivity contribution in [1.29, 1.82) is 0 Å². The van der Waals surface area contributed by atoms with Gasteiger partial charge in [-0.2, -0.15) is 0 Å². The third-order valence-electron chi connectivity index (χ3n) is 4.23. The molecule has 0 radical (unpaired) electrons. The Balaban J connectivity index is 2.01. The minimum absolute atomic E-state index is 0.356. The van der Waals surface area contributed by atoms with Gasteiger partial charge in [0, 0.05) is 0 Å². The first-order valence-corrected chi connectivity index (χ1v) is 7.47. The number of carbonyl (C=O) groups excluding carboxylic acids is 3. The zero-order valence-corrected chi connectivity index (χ0v) is 13.6. The highest BCUT2D eigenvalue weighted by molar-refractivity contribution is 6.24. The lowest BCUT2D eigenvalue weighted by Gasteiger charge is -2.24. The number of fused-ring (bicyclic) bond motifs is 2. The Kier molecular flexibility index (Phi) is 3.25. The van der Waals surface area contributed by atoms with Gasteiger partial charge in [0.1, 0.15) is 5.60 Å². The van der Waals surface area contributed by atoms with E-state index in [0.717, 1.165) is 4.90 Å². The highest BCUT2D eigenvalue weighted by atomic mass is 16.6. The Bertz CT molecular complexity index is 705. The summed E-state index contributed by atoms with van der Waals surface area (Å²) in [7, 11) is 1.30. The molecule has 2 aliphatic rings. The molecule has 122 valence electrons. The van der Waals surface area contributed by atoms with E-state index in [1.807, 2.05) is 0 Å². The topological polar surface area (TPSA) is 72.9 Å². The molecule has 0 saturated heterocycles. The molecule has 1 heterocycles. The van der Waals surface area contributed by atoms with E-state index in [9.17, 15) is 14.4 Å². The van der Waals surface area contributed by atoms with Crippen LogP contribution in [-0.4, -0.2) is 30.7 Å². The van der Waals surface area contributed by atoms with Crippen LogP contribution in [0.2, 0.25) is 0 Å². The van der Waals surface area contributed by atoms with Crippen LogP contribution in [0.25, 0.3) is 0 Å². The molecule has 2 amide bonds. The van der Waals surface area contributed by atoms with Crippen molar-refractivity contribution >= 4 is 23.7 Å². The van der Waals surface area contributed by atoms with Crippen LogP contribution < -0.4 is 4.90 Å². The van der Waals surface area contributed by atoms with Crippen LogP contribution in [0, 0.1) is 5.92 Å². The van der Waals surface area contributed by atoms with Crippen molar-refractivity contribution in [2.75, 3.05) is 12.0 Å². The summed E-state index contributed by atoms with van der Waals surface area (Å²) in [6, 6.07) is 7.01. The minimum Gasteiger partial charge on any atom is -0.469 e. The lowest BCUT2D eigenvalue weighted by molar-refractivity contribution is -0.143. The number of nitrogens with zero attached hydrogens (tertiary/aromatic N) is 1. The van der Waals surface area contributed by atoms with Crippen molar-refractivity contribution in [3.8, 4) is 0 Å². The second kappa shape index (κ2) is 4.81. The summed E-state index contributed by atoms with van der Waals surface area (Å²) in [5, 5.41) is 0. The number of imide groups is 1. The molecule has 23 heavy (non-hydrogen) atoms. The van der Waals surface area contributed by atoms with Crippen LogP contribution in [0.4, 0.5) is 10.5 Å². The van der Waals surface area contributed by atoms with Gasteiger partial charge < -0.3 is 9.47 Å². The molecule has 1 saturated carbocycles. The molecule has 0 N–H and O–H groups in total. The van der Waals surface area contributed by atoms with Crippen molar-refractivity contribution in [3.63, 3.8) is 0 Å². The van der Waals surface area contributed by atoms with E-state index in [4.69, 9.17) is 9.47 Å². The number of benzene rings is 1. The number of para-hydroxylation sites is 1. The summed E-state index contributed by atoms with van der Waals surface area (Å²) in [5.74, 6) is -1.39. The van der Waals surface area contributed by atoms with Gasteiger partial charge in [0.15, 0.2) is 0 Å². The molecule has 1 aromatic rings. The maximum absolute atomic E-state index is 12.9. The molecular weight excluding hydrogens is 298 g/mol. The number of carbonyl (C=O) groups is 3. The fraction of sp³-hybridized carbons (Fsp3) is 0.471.